The van der Waals surface area contributed by atoms with Crippen LogP contribution in [0, 0.1) is 6.07 Å². The van der Waals surface area contributed by atoms with E-state index in [1.807, 2.05) is 12.1 Å². The van der Waals surface area contributed by atoms with Gasteiger partial charge in [-0.05, 0) is 50.5 Å². The van der Waals surface area contributed by atoms with Crippen molar-refractivity contribution in [3.63, 3.8) is 0 Å². The SMILES string of the molecule is NCCCN1CCCC1c1cc[c]cc1. The average molecular weight is 203 g/mol. The lowest BCUT2D eigenvalue weighted by Crippen LogP contribution is -2.25. The van der Waals surface area contributed by atoms with Crippen molar-refractivity contribution in [2.24, 2.45) is 5.73 Å². The molecule has 1 radical (unpaired) electrons. The molecule has 0 bridgehead atoms. The van der Waals surface area contributed by atoms with Crippen molar-refractivity contribution in [2.45, 2.75) is 25.3 Å². The molecule has 1 aliphatic heterocycles. The summed E-state index contributed by atoms with van der Waals surface area (Å²) in [5, 5.41) is 0. The molecule has 1 aromatic carbocycles. The van der Waals surface area contributed by atoms with Crippen molar-refractivity contribution in [3.8, 4) is 0 Å². The van der Waals surface area contributed by atoms with Crippen molar-refractivity contribution in [1.82, 2.24) is 4.90 Å². The Morgan fingerprint density at radius 2 is 2.20 bits per heavy atom. The Morgan fingerprint density at radius 3 is 2.93 bits per heavy atom. The largest absolute Gasteiger partial charge is 0.330 e. The number of nitrogens with two attached hydrogens (primary N) is 1. The summed E-state index contributed by atoms with van der Waals surface area (Å²) in [6.45, 7) is 3.16. The maximum Gasteiger partial charge on any atom is 0.0348 e. The van der Waals surface area contributed by atoms with Gasteiger partial charge in [-0.2, -0.15) is 0 Å². The summed E-state index contributed by atoms with van der Waals surface area (Å²) in [6, 6.07) is 12.1. The Bertz CT molecular complexity index is 284. The molecular formula is C13H19N2. The Morgan fingerprint density at radius 1 is 1.40 bits per heavy atom. The van der Waals surface area contributed by atoms with Gasteiger partial charge in [0.05, 0.1) is 0 Å². The number of rotatable bonds is 4. The molecule has 0 amide bonds. The van der Waals surface area contributed by atoms with Crippen LogP contribution in [-0.4, -0.2) is 24.5 Å². The maximum atomic E-state index is 5.56. The number of hydrogen-bond acceptors (Lipinski definition) is 2. The molecule has 1 unspecified atom stereocenters. The monoisotopic (exact) mass is 203 g/mol. The van der Waals surface area contributed by atoms with Crippen molar-refractivity contribution in [3.05, 3.63) is 35.9 Å². The Balaban J connectivity index is 2.01. The summed E-state index contributed by atoms with van der Waals surface area (Å²) < 4.78 is 0. The van der Waals surface area contributed by atoms with Crippen LogP contribution in [-0.2, 0) is 0 Å². The van der Waals surface area contributed by atoms with Gasteiger partial charge in [0.2, 0.25) is 0 Å². The third kappa shape index (κ3) is 2.58. The second kappa shape index (κ2) is 5.29. The summed E-state index contributed by atoms with van der Waals surface area (Å²) in [4.78, 5) is 2.56. The lowest BCUT2D eigenvalue weighted by molar-refractivity contribution is 0.255. The van der Waals surface area contributed by atoms with Gasteiger partial charge in [-0.3, -0.25) is 4.90 Å². The fourth-order valence-electron chi connectivity index (χ4n) is 2.39. The maximum absolute atomic E-state index is 5.56. The fraction of sp³-hybridized carbons (Fsp3) is 0.538. The minimum absolute atomic E-state index is 0.617. The number of hydrogen-bond donors (Lipinski definition) is 1. The van der Waals surface area contributed by atoms with Crippen molar-refractivity contribution >= 4 is 0 Å². The normalized spacial score (nSPS) is 22.1. The van der Waals surface area contributed by atoms with Crippen LogP contribution < -0.4 is 5.73 Å². The molecule has 0 spiro atoms. The van der Waals surface area contributed by atoms with Gasteiger partial charge < -0.3 is 5.73 Å². The van der Waals surface area contributed by atoms with E-state index < -0.39 is 0 Å². The molecule has 2 nitrogen and oxygen atoms in total. The van der Waals surface area contributed by atoms with Crippen LogP contribution in [0.25, 0.3) is 0 Å². The second-order valence-corrected chi connectivity index (χ2v) is 4.17. The first-order valence-corrected chi connectivity index (χ1v) is 5.82. The molecule has 1 heterocycles. The van der Waals surface area contributed by atoms with Gasteiger partial charge in [0, 0.05) is 6.04 Å². The fourth-order valence-corrected chi connectivity index (χ4v) is 2.39. The minimum atomic E-state index is 0.617. The van der Waals surface area contributed by atoms with E-state index >= 15 is 0 Å². The summed E-state index contributed by atoms with van der Waals surface area (Å²) in [5.41, 5.74) is 6.99. The lowest BCUT2D eigenvalue weighted by Gasteiger charge is -2.24. The quantitative estimate of drug-likeness (QED) is 0.810. The molecule has 2 N–H and O–H groups in total. The van der Waals surface area contributed by atoms with Crippen molar-refractivity contribution in [1.29, 1.82) is 0 Å². The van der Waals surface area contributed by atoms with E-state index in [0.29, 0.717) is 6.04 Å². The molecule has 0 aromatic heterocycles. The number of likely N-dealkylation sites (tertiary alicyclic amines) is 1. The number of benzene rings is 1. The van der Waals surface area contributed by atoms with Gasteiger partial charge >= 0.3 is 0 Å². The predicted molar refractivity (Wildman–Crippen MR) is 62.5 cm³/mol. The Kier molecular flexibility index (Phi) is 3.75. The molecule has 81 valence electrons. The average Bonchev–Trinajstić information content (AvgIpc) is 2.75. The Labute approximate surface area is 92.1 Å². The third-order valence-corrected chi connectivity index (χ3v) is 3.14. The molecule has 2 heteroatoms. The van der Waals surface area contributed by atoms with E-state index in [0.717, 1.165) is 19.5 Å². The number of nitrogens with zero attached hydrogens (tertiary/aromatic N) is 1. The van der Waals surface area contributed by atoms with Gasteiger partial charge in [0.25, 0.3) is 0 Å². The van der Waals surface area contributed by atoms with Crippen LogP contribution in [0.5, 0.6) is 0 Å². The standard InChI is InChI=1S/C13H19N2/c14-9-5-11-15-10-4-8-13(15)12-6-2-1-3-7-12/h2-3,6-7,13H,4-5,8-11,14H2. The lowest BCUT2D eigenvalue weighted by atomic mass is 10.0. The zero-order valence-electron chi connectivity index (χ0n) is 9.15. The van der Waals surface area contributed by atoms with Gasteiger partial charge in [-0.1, -0.05) is 24.3 Å². The molecule has 1 aliphatic rings. The highest BCUT2D eigenvalue weighted by Crippen LogP contribution is 2.31. The zero-order chi connectivity index (χ0) is 10.5. The van der Waals surface area contributed by atoms with Crippen molar-refractivity contribution < 1.29 is 0 Å². The van der Waals surface area contributed by atoms with Gasteiger partial charge in [0.1, 0.15) is 0 Å². The molecule has 1 fully saturated rings. The van der Waals surface area contributed by atoms with Crippen LogP contribution in [0.2, 0.25) is 0 Å². The van der Waals surface area contributed by atoms with E-state index in [1.165, 1.54) is 24.9 Å². The van der Waals surface area contributed by atoms with Crippen LogP contribution >= 0.6 is 0 Å². The summed E-state index contributed by atoms with van der Waals surface area (Å²) >= 11 is 0. The van der Waals surface area contributed by atoms with E-state index in [2.05, 4.69) is 23.1 Å². The van der Waals surface area contributed by atoms with Crippen molar-refractivity contribution in [2.75, 3.05) is 19.6 Å². The predicted octanol–water partition coefficient (Wildman–Crippen LogP) is 1.97. The van der Waals surface area contributed by atoms with Crippen LogP contribution in [0.4, 0.5) is 0 Å². The molecule has 0 saturated carbocycles. The minimum Gasteiger partial charge on any atom is -0.330 e. The first-order chi connectivity index (χ1) is 7.42. The molecule has 0 aliphatic carbocycles. The molecule has 1 aromatic rings. The summed E-state index contributed by atoms with van der Waals surface area (Å²) in [6.07, 6.45) is 3.71. The van der Waals surface area contributed by atoms with E-state index in [4.69, 9.17) is 5.73 Å². The summed E-state index contributed by atoms with van der Waals surface area (Å²) in [5.74, 6) is 0. The van der Waals surface area contributed by atoms with Crippen LogP contribution in [0.15, 0.2) is 24.3 Å². The van der Waals surface area contributed by atoms with Crippen LogP contribution in [0.3, 0.4) is 0 Å². The third-order valence-electron chi connectivity index (χ3n) is 3.14. The highest BCUT2D eigenvalue weighted by molar-refractivity contribution is 5.19. The zero-order valence-corrected chi connectivity index (χ0v) is 9.15. The first-order valence-electron chi connectivity index (χ1n) is 5.82. The highest BCUT2D eigenvalue weighted by atomic mass is 15.2. The van der Waals surface area contributed by atoms with E-state index in [9.17, 15) is 0 Å². The first kappa shape index (κ1) is 10.7. The molecular weight excluding hydrogens is 184 g/mol. The van der Waals surface area contributed by atoms with Gasteiger partial charge in [-0.15, -0.1) is 0 Å². The topological polar surface area (TPSA) is 29.3 Å². The highest BCUT2D eigenvalue weighted by Gasteiger charge is 2.24. The molecule has 1 atom stereocenters. The van der Waals surface area contributed by atoms with E-state index in [-0.39, 0.29) is 0 Å². The molecule has 1 saturated heterocycles. The second-order valence-electron chi connectivity index (χ2n) is 4.17. The van der Waals surface area contributed by atoms with Gasteiger partial charge in [-0.25, -0.2) is 0 Å². The van der Waals surface area contributed by atoms with Crippen LogP contribution in [0.1, 0.15) is 30.9 Å². The van der Waals surface area contributed by atoms with Gasteiger partial charge in [0.15, 0.2) is 0 Å². The summed E-state index contributed by atoms with van der Waals surface area (Å²) in [7, 11) is 0. The smallest absolute Gasteiger partial charge is 0.0348 e. The Hall–Kier alpha value is -0.860. The molecule has 2 rings (SSSR count). The molecule has 15 heavy (non-hydrogen) atoms. The van der Waals surface area contributed by atoms with E-state index in [1.54, 1.807) is 0 Å².